The molecule has 0 aliphatic heterocycles. The lowest BCUT2D eigenvalue weighted by molar-refractivity contribution is -0.129. The summed E-state index contributed by atoms with van der Waals surface area (Å²) >= 11 is 3.27. The molecule has 4 heteroatoms. The van der Waals surface area contributed by atoms with Gasteiger partial charge in [0.2, 0.25) is 0 Å². The highest BCUT2D eigenvalue weighted by molar-refractivity contribution is 9.10. The number of carbonyl (C=O) groups is 1. The van der Waals surface area contributed by atoms with E-state index in [0.29, 0.717) is 10.4 Å². The molecule has 17 heavy (non-hydrogen) atoms. The summed E-state index contributed by atoms with van der Waals surface area (Å²) in [5.41, 5.74) is 0.805. The molecule has 1 aliphatic rings. The van der Waals surface area contributed by atoms with Gasteiger partial charge in [-0.3, -0.25) is 4.79 Å². The number of ketones is 1. The number of hydrogen-bond donors (Lipinski definition) is 0. The molecule has 0 radical (unpaired) electrons. The summed E-state index contributed by atoms with van der Waals surface area (Å²) in [6, 6.07) is 4.38. The molecule has 0 amide bonds. The summed E-state index contributed by atoms with van der Waals surface area (Å²) in [5.74, 6) is 0.146. The molecule has 1 fully saturated rings. The third-order valence-electron chi connectivity index (χ3n) is 3.00. The minimum absolute atomic E-state index is 0.0716. The monoisotopic (exact) mass is 300 g/mol. The van der Waals surface area contributed by atoms with Crippen molar-refractivity contribution in [3.63, 3.8) is 0 Å². The average molecular weight is 301 g/mol. The van der Waals surface area contributed by atoms with Gasteiger partial charge in [-0.15, -0.1) is 0 Å². The second kappa shape index (κ2) is 5.27. The van der Waals surface area contributed by atoms with Crippen LogP contribution in [0.15, 0.2) is 22.7 Å². The van der Waals surface area contributed by atoms with Crippen molar-refractivity contribution in [2.45, 2.75) is 25.4 Å². The highest BCUT2D eigenvalue weighted by Gasteiger charge is 2.36. The van der Waals surface area contributed by atoms with Gasteiger partial charge in [0.25, 0.3) is 0 Å². The minimum Gasteiger partial charge on any atom is -0.373 e. The molecule has 0 saturated heterocycles. The molecule has 0 aromatic heterocycles. The molecule has 1 aromatic rings. The first-order chi connectivity index (χ1) is 8.11. The summed E-state index contributed by atoms with van der Waals surface area (Å²) < 4.78 is 18.8. The number of rotatable bonds is 5. The predicted molar refractivity (Wildman–Crippen MR) is 66.3 cm³/mol. The Kier molecular flexibility index (Phi) is 3.94. The zero-order chi connectivity index (χ0) is 12.4. The summed E-state index contributed by atoms with van der Waals surface area (Å²) in [6.45, 7) is 0. The highest BCUT2D eigenvalue weighted by Crippen LogP contribution is 2.35. The van der Waals surface area contributed by atoms with Crippen molar-refractivity contribution in [1.82, 2.24) is 0 Å². The van der Waals surface area contributed by atoms with E-state index >= 15 is 0 Å². The maximum absolute atomic E-state index is 12.9. The van der Waals surface area contributed by atoms with E-state index in [9.17, 15) is 9.18 Å². The standard InChI is InChI=1S/C13H14BrFO2/c1-17-13(8-2-3-8)12(16)6-9-4-5-10(15)7-11(9)14/h4-5,7-8,13H,2-3,6H2,1H3. The van der Waals surface area contributed by atoms with E-state index in [0.717, 1.165) is 18.4 Å². The van der Waals surface area contributed by atoms with Crippen LogP contribution in [0, 0.1) is 11.7 Å². The smallest absolute Gasteiger partial charge is 0.166 e. The lowest BCUT2D eigenvalue weighted by atomic mass is 10.0. The zero-order valence-electron chi connectivity index (χ0n) is 9.58. The van der Waals surface area contributed by atoms with Crippen LogP contribution < -0.4 is 0 Å². The van der Waals surface area contributed by atoms with Crippen LogP contribution in [0.1, 0.15) is 18.4 Å². The number of hydrogen-bond acceptors (Lipinski definition) is 2. The molecule has 1 unspecified atom stereocenters. The topological polar surface area (TPSA) is 26.3 Å². The molecule has 0 heterocycles. The molecule has 0 bridgehead atoms. The van der Waals surface area contributed by atoms with Crippen LogP contribution in [0.25, 0.3) is 0 Å². The molecular formula is C13H14BrFO2. The quantitative estimate of drug-likeness (QED) is 0.835. The first kappa shape index (κ1) is 12.7. The summed E-state index contributed by atoms with van der Waals surface area (Å²) in [4.78, 5) is 12.0. The Morgan fingerprint density at radius 2 is 2.29 bits per heavy atom. The average Bonchev–Trinajstić information content (AvgIpc) is 3.08. The van der Waals surface area contributed by atoms with Gasteiger partial charge in [0, 0.05) is 18.0 Å². The van der Waals surface area contributed by atoms with Crippen molar-refractivity contribution < 1.29 is 13.9 Å². The molecule has 1 atom stereocenters. The van der Waals surface area contributed by atoms with Crippen LogP contribution >= 0.6 is 15.9 Å². The number of Topliss-reactive ketones (excluding diaryl/α,β-unsaturated/α-hetero) is 1. The molecule has 0 N–H and O–H groups in total. The maximum atomic E-state index is 12.9. The Balaban J connectivity index is 2.06. The van der Waals surface area contributed by atoms with Gasteiger partial charge in [-0.1, -0.05) is 22.0 Å². The lowest BCUT2D eigenvalue weighted by Crippen LogP contribution is -2.26. The molecule has 1 aliphatic carbocycles. The third kappa shape index (κ3) is 3.13. The second-order valence-corrected chi connectivity index (χ2v) is 5.23. The largest absolute Gasteiger partial charge is 0.373 e. The van der Waals surface area contributed by atoms with Crippen LogP contribution in [0.2, 0.25) is 0 Å². The Morgan fingerprint density at radius 3 is 2.82 bits per heavy atom. The van der Waals surface area contributed by atoms with E-state index in [1.54, 1.807) is 13.2 Å². The van der Waals surface area contributed by atoms with Crippen molar-refractivity contribution in [1.29, 1.82) is 0 Å². The van der Waals surface area contributed by atoms with Gasteiger partial charge < -0.3 is 4.74 Å². The Bertz CT molecular complexity index is 429. The van der Waals surface area contributed by atoms with E-state index in [1.807, 2.05) is 0 Å². The van der Waals surface area contributed by atoms with Crippen LogP contribution in [-0.4, -0.2) is 19.0 Å². The van der Waals surface area contributed by atoms with E-state index in [2.05, 4.69) is 15.9 Å². The molecule has 1 aromatic carbocycles. The zero-order valence-corrected chi connectivity index (χ0v) is 11.2. The molecule has 2 rings (SSSR count). The van der Waals surface area contributed by atoms with Gasteiger partial charge in [-0.25, -0.2) is 4.39 Å². The van der Waals surface area contributed by atoms with E-state index in [4.69, 9.17) is 4.74 Å². The number of carbonyl (C=O) groups excluding carboxylic acids is 1. The van der Waals surface area contributed by atoms with Crippen LogP contribution in [-0.2, 0) is 16.0 Å². The Hall–Kier alpha value is -0.740. The third-order valence-corrected chi connectivity index (χ3v) is 3.74. The fourth-order valence-electron chi connectivity index (χ4n) is 1.94. The number of ether oxygens (including phenoxy) is 1. The highest BCUT2D eigenvalue weighted by atomic mass is 79.9. The van der Waals surface area contributed by atoms with Gasteiger partial charge in [-0.2, -0.15) is 0 Å². The number of benzene rings is 1. The van der Waals surface area contributed by atoms with Crippen molar-refractivity contribution in [3.8, 4) is 0 Å². The van der Waals surface area contributed by atoms with Crippen molar-refractivity contribution >= 4 is 21.7 Å². The molecule has 1 saturated carbocycles. The fourth-order valence-corrected chi connectivity index (χ4v) is 2.43. The summed E-state index contributed by atoms with van der Waals surface area (Å²) in [5, 5.41) is 0. The number of halogens is 2. The van der Waals surface area contributed by atoms with Gasteiger partial charge in [0.1, 0.15) is 11.9 Å². The van der Waals surface area contributed by atoms with Gasteiger partial charge in [0.15, 0.2) is 5.78 Å². The molecular weight excluding hydrogens is 287 g/mol. The SMILES string of the molecule is COC(C(=O)Cc1ccc(F)cc1Br)C1CC1. The normalized spacial score (nSPS) is 16.9. The minimum atomic E-state index is -0.307. The van der Waals surface area contributed by atoms with E-state index < -0.39 is 0 Å². The van der Waals surface area contributed by atoms with Crippen molar-refractivity contribution in [2.75, 3.05) is 7.11 Å². The molecule has 0 spiro atoms. The second-order valence-electron chi connectivity index (χ2n) is 4.37. The van der Waals surface area contributed by atoms with Crippen molar-refractivity contribution in [2.24, 2.45) is 5.92 Å². The van der Waals surface area contributed by atoms with Gasteiger partial charge in [-0.05, 0) is 36.5 Å². The van der Waals surface area contributed by atoms with Gasteiger partial charge >= 0.3 is 0 Å². The van der Waals surface area contributed by atoms with E-state index in [1.165, 1.54) is 12.1 Å². The lowest BCUT2D eigenvalue weighted by Gasteiger charge is -2.13. The molecule has 2 nitrogen and oxygen atoms in total. The fraction of sp³-hybridized carbons (Fsp3) is 0.462. The summed E-state index contributed by atoms with van der Waals surface area (Å²) in [7, 11) is 1.57. The van der Waals surface area contributed by atoms with E-state index in [-0.39, 0.29) is 24.1 Å². The van der Waals surface area contributed by atoms with Gasteiger partial charge in [0.05, 0.1) is 0 Å². The Labute approximate surface area is 108 Å². The van der Waals surface area contributed by atoms with Crippen LogP contribution in [0.5, 0.6) is 0 Å². The van der Waals surface area contributed by atoms with Crippen molar-refractivity contribution in [3.05, 3.63) is 34.1 Å². The van der Waals surface area contributed by atoms with Crippen LogP contribution in [0.3, 0.4) is 0 Å². The summed E-state index contributed by atoms with van der Waals surface area (Å²) in [6.07, 6.45) is 2.12. The first-order valence-electron chi connectivity index (χ1n) is 5.61. The predicted octanol–water partition coefficient (Wildman–Crippen LogP) is 3.12. The maximum Gasteiger partial charge on any atom is 0.166 e. The first-order valence-corrected chi connectivity index (χ1v) is 6.40. The Morgan fingerprint density at radius 1 is 1.59 bits per heavy atom. The number of methoxy groups -OCH3 is 1. The van der Waals surface area contributed by atoms with Crippen LogP contribution in [0.4, 0.5) is 4.39 Å². The molecule has 92 valence electrons.